The molecule has 0 radical (unpaired) electrons. The van der Waals surface area contributed by atoms with Gasteiger partial charge >= 0.3 is 282 Å². The molecule has 4 aliphatic heterocycles. The third-order valence-electron chi connectivity index (χ3n) is 11.2. The Hall–Kier alpha value is -5.08. The summed E-state index contributed by atoms with van der Waals surface area (Å²) in [6, 6.07) is 50.3. The average molecular weight is 708 g/mol. The van der Waals surface area contributed by atoms with Crippen molar-refractivity contribution in [2.24, 2.45) is 0 Å². The standard InChI is InChI=1S/C40H22B2N4Te/c1-5-17-29-23(11-1)25-15-9-21-33-37(25)45(29)41-39-35(27-13-3-7-19-31(27)43(33)41)36-28-14-4-8-20-32(28)44-34-22-10-16-26-24-12-2-6-18-30(24)46(38(26)34)42(44)40(36)47-39/h1-22H. The van der Waals surface area contributed by atoms with Crippen molar-refractivity contribution < 1.29 is 0 Å². The second-order valence-electron chi connectivity index (χ2n) is 13.2. The summed E-state index contributed by atoms with van der Waals surface area (Å²) in [5.41, 5.74) is 16.4. The third kappa shape index (κ3) is 2.58. The topological polar surface area (TPSA) is 16.3 Å². The number of hydrogen-bond donors (Lipinski definition) is 0. The van der Waals surface area contributed by atoms with Gasteiger partial charge in [0.15, 0.2) is 0 Å². The van der Waals surface area contributed by atoms with Crippen LogP contribution in [0.1, 0.15) is 0 Å². The average Bonchev–Trinajstić information content (AvgIpc) is 3.93. The number of fused-ring (bicyclic) bond motifs is 23. The Morgan fingerprint density at radius 3 is 1.30 bits per heavy atom. The van der Waals surface area contributed by atoms with Crippen LogP contribution in [-0.2, 0) is 0 Å². The molecule has 0 fully saturated rings. The van der Waals surface area contributed by atoms with Gasteiger partial charge in [-0.1, -0.05) is 0 Å². The van der Waals surface area contributed by atoms with Crippen LogP contribution in [-0.4, -0.2) is 43.4 Å². The fraction of sp³-hybridized carbons (Fsp3) is 0. The van der Waals surface area contributed by atoms with E-state index in [0.29, 0.717) is 0 Å². The second kappa shape index (κ2) is 8.06. The molecule has 7 heteroatoms. The van der Waals surface area contributed by atoms with E-state index in [4.69, 9.17) is 0 Å². The Morgan fingerprint density at radius 1 is 0.383 bits per heavy atom. The van der Waals surface area contributed by atoms with Crippen LogP contribution in [0.5, 0.6) is 0 Å². The number of nitrogens with zero attached hydrogens (tertiary/aromatic N) is 4. The van der Waals surface area contributed by atoms with Crippen molar-refractivity contribution in [2.45, 2.75) is 0 Å². The molecule has 3 aromatic heterocycles. The van der Waals surface area contributed by atoms with E-state index in [1.807, 2.05) is 0 Å². The normalized spacial score (nSPS) is 14.6. The number of benzene rings is 6. The first-order chi connectivity index (χ1) is 23.4. The summed E-state index contributed by atoms with van der Waals surface area (Å²) in [5.74, 6) is 0. The molecule has 0 aliphatic carbocycles. The van der Waals surface area contributed by atoms with Crippen molar-refractivity contribution in [3.63, 3.8) is 0 Å². The van der Waals surface area contributed by atoms with Crippen LogP contribution in [0.3, 0.4) is 0 Å². The van der Waals surface area contributed by atoms with Gasteiger partial charge in [0.1, 0.15) is 0 Å². The van der Waals surface area contributed by atoms with Gasteiger partial charge in [-0.2, -0.15) is 0 Å². The molecule has 0 N–H and O–H groups in total. The Kier molecular flexibility index (Phi) is 4.14. The molecule has 6 aromatic carbocycles. The number of aromatic nitrogens is 2. The first-order valence-corrected chi connectivity index (χ1v) is 18.7. The summed E-state index contributed by atoms with van der Waals surface area (Å²) < 4.78 is 8.65. The van der Waals surface area contributed by atoms with Gasteiger partial charge in [-0.05, 0) is 0 Å². The number of anilines is 4. The third-order valence-corrected chi connectivity index (χ3v) is 14.8. The van der Waals surface area contributed by atoms with Gasteiger partial charge in [-0.3, -0.25) is 0 Å². The summed E-state index contributed by atoms with van der Waals surface area (Å²) in [5, 5.41) is 5.41. The van der Waals surface area contributed by atoms with Crippen molar-refractivity contribution in [3.05, 3.63) is 133 Å². The van der Waals surface area contributed by atoms with Gasteiger partial charge in [0.25, 0.3) is 0 Å². The fourth-order valence-corrected chi connectivity index (χ4v) is 13.9. The summed E-state index contributed by atoms with van der Waals surface area (Å²) in [4.78, 5) is 5.34. The molecule has 0 atom stereocenters. The second-order valence-corrected chi connectivity index (χ2v) is 16.3. The molecule has 9 aromatic rings. The molecule has 47 heavy (non-hydrogen) atoms. The molecule has 13 rings (SSSR count). The summed E-state index contributed by atoms with van der Waals surface area (Å²) in [7, 11) is 0. The van der Waals surface area contributed by atoms with E-state index in [0.717, 1.165) is 0 Å². The molecular formula is C40H22B2N4Te. The van der Waals surface area contributed by atoms with Crippen LogP contribution in [0.15, 0.2) is 133 Å². The zero-order chi connectivity index (χ0) is 30.1. The van der Waals surface area contributed by atoms with Crippen molar-refractivity contribution in [2.75, 3.05) is 9.62 Å². The van der Waals surface area contributed by atoms with Gasteiger partial charge < -0.3 is 0 Å². The number of rotatable bonds is 0. The van der Waals surface area contributed by atoms with Gasteiger partial charge in [-0.15, -0.1) is 0 Å². The molecule has 4 aliphatic rings. The minimum atomic E-state index is -0.780. The van der Waals surface area contributed by atoms with Gasteiger partial charge in [0.05, 0.1) is 0 Å². The predicted molar refractivity (Wildman–Crippen MR) is 199 cm³/mol. The zero-order valence-electron chi connectivity index (χ0n) is 25.1. The Morgan fingerprint density at radius 2 is 0.787 bits per heavy atom. The van der Waals surface area contributed by atoms with E-state index in [1.165, 1.54) is 88.6 Å². The SMILES string of the molecule is c1ccc2c(c1)-c1c([te]c3c1-c1ccccc1N1B3n3c4ccccc4c4cccc1c43)B1N2c2cccc3c4ccccc4n1c23. The Bertz CT molecular complexity index is 2720. The first-order valence-electron chi connectivity index (χ1n) is 16.4. The van der Waals surface area contributed by atoms with E-state index >= 15 is 0 Å². The first kappa shape index (κ1) is 24.1. The Labute approximate surface area is 280 Å². The van der Waals surface area contributed by atoms with Crippen LogP contribution in [0.4, 0.5) is 22.7 Å². The molecule has 0 saturated carbocycles. The molecule has 7 heterocycles. The summed E-state index contributed by atoms with van der Waals surface area (Å²) >= 11 is -0.780. The monoisotopic (exact) mass is 710 g/mol. The molecule has 0 bridgehead atoms. The van der Waals surface area contributed by atoms with Crippen LogP contribution >= 0.6 is 0 Å². The number of para-hydroxylation sites is 6. The predicted octanol–water partition coefficient (Wildman–Crippen LogP) is 7.71. The summed E-state index contributed by atoms with van der Waals surface area (Å²) in [6.07, 6.45) is 0. The minimum absolute atomic E-state index is 0.138. The van der Waals surface area contributed by atoms with Crippen molar-refractivity contribution in [3.8, 4) is 22.3 Å². The van der Waals surface area contributed by atoms with Crippen LogP contribution < -0.4 is 16.6 Å². The van der Waals surface area contributed by atoms with Gasteiger partial charge in [-0.25, -0.2) is 0 Å². The molecule has 0 spiro atoms. The van der Waals surface area contributed by atoms with Crippen LogP contribution in [0.2, 0.25) is 0 Å². The van der Waals surface area contributed by atoms with Gasteiger partial charge in [0.2, 0.25) is 0 Å². The molecule has 0 saturated heterocycles. The van der Waals surface area contributed by atoms with Crippen LogP contribution in [0, 0.1) is 0 Å². The molecule has 214 valence electrons. The van der Waals surface area contributed by atoms with Crippen molar-refractivity contribution >= 4 is 108 Å². The van der Waals surface area contributed by atoms with E-state index in [2.05, 4.69) is 152 Å². The quantitative estimate of drug-likeness (QED) is 0.150. The van der Waals surface area contributed by atoms with Gasteiger partial charge in [0, 0.05) is 0 Å². The molecule has 0 unspecified atom stereocenters. The van der Waals surface area contributed by atoms with Crippen molar-refractivity contribution in [1.29, 1.82) is 0 Å². The van der Waals surface area contributed by atoms with Crippen molar-refractivity contribution in [1.82, 2.24) is 8.96 Å². The fourth-order valence-electron chi connectivity index (χ4n) is 9.61. The number of hydrogen-bond acceptors (Lipinski definition) is 2. The van der Waals surface area contributed by atoms with E-state index in [9.17, 15) is 0 Å². The van der Waals surface area contributed by atoms with E-state index in [1.54, 1.807) is 6.96 Å². The maximum absolute atomic E-state index is 2.69. The zero-order valence-corrected chi connectivity index (χ0v) is 27.4. The molecular weight excluding hydrogens is 686 g/mol. The molecule has 0 amide bonds. The van der Waals surface area contributed by atoms with Crippen LogP contribution in [0.25, 0.3) is 65.9 Å². The maximum atomic E-state index is 2.69. The summed E-state index contributed by atoms with van der Waals surface area (Å²) in [6.45, 7) is 0.275. The Balaban J connectivity index is 1.20. The van der Waals surface area contributed by atoms with E-state index in [-0.39, 0.29) is 14.0 Å². The van der Waals surface area contributed by atoms with E-state index < -0.39 is 20.4 Å². The molecule has 4 nitrogen and oxygen atoms in total.